The summed E-state index contributed by atoms with van der Waals surface area (Å²) in [5, 5.41) is 37.9. The molecular formula is C39H46F3N9O4. The highest BCUT2D eigenvalue weighted by Crippen LogP contribution is 2.40. The Hall–Kier alpha value is -5.06. The zero-order valence-corrected chi connectivity index (χ0v) is 30.5. The third-order valence-electron chi connectivity index (χ3n) is 11.0. The van der Waals surface area contributed by atoms with E-state index in [1.165, 1.54) is 24.0 Å². The van der Waals surface area contributed by atoms with Crippen LogP contribution in [-0.2, 0) is 11.2 Å². The molecule has 0 radical (unpaired) electrons. The van der Waals surface area contributed by atoms with E-state index in [0.717, 1.165) is 44.6 Å². The molecule has 292 valence electrons. The number of hydrogen-bond donors (Lipinski definition) is 4. The lowest BCUT2D eigenvalue weighted by molar-refractivity contribution is -0.192. The van der Waals surface area contributed by atoms with Crippen molar-refractivity contribution in [2.45, 2.75) is 81.5 Å². The molecule has 4 N–H and O–H groups in total. The first-order valence-electron chi connectivity index (χ1n) is 18.8. The number of hydrogen-bond acceptors (Lipinski definition) is 10. The van der Waals surface area contributed by atoms with Crippen molar-refractivity contribution in [2.24, 2.45) is 0 Å². The number of imidazole rings is 1. The van der Waals surface area contributed by atoms with Gasteiger partial charge in [-0.3, -0.25) is 9.58 Å². The van der Waals surface area contributed by atoms with E-state index in [4.69, 9.17) is 24.9 Å². The number of anilines is 2. The van der Waals surface area contributed by atoms with Gasteiger partial charge in [-0.1, -0.05) is 67.6 Å². The maximum absolute atomic E-state index is 11.4. The summed E-state index contributed by atoms with van der Waals surface area (Å²) in [6.07, 6.45) is 3.50. The van der Waals surface area contributed by atoms with Crippen molar-refractivity contribution in [2.75, 3.05) is 42.9 Å². The number of benzene rings is 2. The number of aliphatic hydroxyl groups excluding tert-OH is 2. The SMILES string of the molecule is CCc1cnn([C@H]2C[C@@H](n3cnc4c(NCC(c5ccccc5)c5ccccc5)nc(N5CC[C@@H](N6CCCC6)C5)nc43)[C@H](O)[C@@H]2O)c1.O=C(O)C(F)(F)F. The number of carboxylic acids is 1. The van der Waals surface area contributed by atoms with Gasteiger partial charge in [0.25, 0.3) is 0 Å². The van der Waals surface area contributed by atoms with Gasteiger partial charge in [0.1, 0.15) is 12.2 Å². The zero-order chi connectivity index (χ0) is 38.7. The Morgan fingerprint density at radius 2 is 1.58 bits per heavy atom. The number of aryl methyl sites for hydroxylation is 1. The zero-order valence-electron chi connectivity index (χ0n) is 30.5. The first-order valence-corrected chi connectivity index (χ1v) is 18.8. The average Bonchev–Trinajstić information content (AvgIpc) is 4.04. The first-order chi connectivity index (χ1) is 26.5. The van der Waals surface area contributed by atoms with Gasteiger partial charge in [-0.05, 0) is 61.9 Å². The molecule has 5 aromatic rings. The van der Waals surface area contributed by atoms with Gasteiger partial charge in [0.2, 0.25) is 5.95 Å². The highest BCUT2D eigenvalue weighted by Gasteiger charge is 2.45. The lowest BCUT2D eigenvalue weighted by Crippen LogP contribution is -2.35. The topological polar surface area (TPSA) is 158 Å². The Morgan fingerprint density at radius 1 is 0.945 bits per heavy atom. The number of fused-ring (bicyclic) bond motifs is 1. The van der Waals surface area contributed by atoms with E-state index < -0.39 is 30.4 Å². The van der Waals surface area contributed by atoms with E-state index in [0.29, 0.717) is 41.9 Å². The molecule has 3 fully saturated rings. The van der Waals surface area contributed by atoms with Crippen LogP contribution in [0.25, 0.3) is 11.2 Å². The summed E-state index contributed by atoms with van der Waals surface area (Å²) in [6.45, 7) is 6.81. The van der Waals surface area contributed by atoms with Gasteiger partial charge in [-0.25, -0.2) is 9.78 Å². The van der Waals surface area contributed by atoms with Crippen LogP contribution in [0, 0.1) is 0 Å². The Labute approximate surface area is 316 Å². The van der Waals surface area contributed by atoms with E-state index in [-0.39, 0.29) is 12.0 Å². The number of likely N-dealkylation sites (tertiary alicyclic amines) is 1. The lowest BCUT2D eigenvalue weighted by atomic mass is 9.91. The highest BCUT2D eigenvalue weighted by atomic mass is 19.4. The number of carboxylic acid groups (broad SMARTS) is 1. The van der Waals surface area contributed by atoms with Gasteiger partial charge >= 0.3 is 12.1 Å². The molecule has 2 saturated heterocycles. The van der Waals surface area contributed by atoms with Gasteiger partial charge in [0, 0.05) is 37.8 Å². The van der Waals surface area contributed by atoms with Crippen molar-refractivity contribution in [3.63, 3.8) is 0 Å². The van der Waals surface area contributed by atoms with Crippen molar-refractivity contribution in [1.82, 2.24) is 34.2 Å². The molecule has 2 aliphatic heterocycles. The summed E-state index contributed by atoms with van der Waals surface area (Å²) >= 11 is 0. The first kappa shape index (κ1) is 38.2. The van der Waals surface area contributed by atoms with E-state index in [9.17, 15) is 23.4 Å². The van der Waals surface area contributed by atoms with Gasteiger partial charge in [0.05, 0.1) is 24.6 Å². The fourth-order valence-electron chi connectivity index (χ4n) is 8.00. The van der Waals surface area contributed by atoms with Gasteiger partial charge in [-0.2, -0.15) is 28.2 Å². The second-order valence-corrected chi connectivity index (χ2v) is 14.4. The van der Waals surface area contributed by atoms with Crippen molar-refractivity contribution in [1.29, 1.82) is 0 Å². The maximum atomic E-state index is 11.4. The van der Waals surface area contributed by atoms with Gasteiger partial charge in [-0.15, -0.1) is 0 Å². The number of aliphatic hydroxyl groups is 2. The molecule has 3 aromatic heterocycles. The molecule has 5 atom stereocenters. The molecule has 0 amide bonds. The number of alkyl halides is 3. The van der Waals surface area contributed by atoms with Crippen LogP contribution >= 0.6 is 0 Å². The minimum atomic E-state index is -5.08. The van der Waals surface area contributed by atoms with Crippen LogP contribution < -0.4 is 10.2 Å². The van der Waals surface area contributed by atoms with Crippen LogP contribution in [0.15, 0.2) is 79.4 Å². The van der Waals surface area contributed by atoms with Crippen molar-refractivity contribution in [3.05, 3.63) is 96.1 Å². The fourth-order valence-corrected chi connectivity index (χ4v) is 8.00. The molecule has 0 unspecified atom stereocenters. The number of nitrogens with one attached hydrogen (secondary N) is 1. The quantitative estimate of drug-likeness (QED) is 0.151. The van der Waals surface area contributed by atoms with Gasteiger partial charge in [0.15, 0.2) is 17.0 Å². The predicted molar refractivity (Wildman–Crippen MR) is 200 cm³/mol. The minimum absolute atomic E-state index is 0.101. The van der Waals surface area contributed by atoms with Crippen molar-refractivity contribution in [3.8, 4) is 0 Å². The number of rotatable bonds is 10. The van der Waals surface area contributed by atoms with Crippen LogP contribution in [0.3, 0.4) is 0 Å². The van der Waals surface area contributed by atoms with E-state index >= 15 is 0 Å². The van der Waals surface area contributed by atoms with Gasteiger partial charge < -0.3 is 30.1 Å². The van der Waals surface area contributed by atoms with E-state index in [1.807, 2.05) is 29.1 Å². The standard InChI is InChI=1S/C37H45N9O2.C2HF3O2/c1-2-25-20-40-46(22-25)31-19-30(33(47)34(31)48)45-24-39-32-35(38-21-29(26-11-5-3-6-12-26)27-13-7-4-8-14-27)41-37(42-36(32)45)44-18-15-28(23-44)43-16-9-10-17-43;3-2(4,5)1(6)7/h3-8,11-14,20,22,24,28-31,33-34,47-48H,2,9-10,15-19,21,23H2,1H3,(H,38,41,42);(H,6,7)/t28-,30-,31+,33+,34-;/m1./s1. The van der Waals surface area contributed by atoms with Crippen molar-refractivity contribution < 1.29 is 33.3 Å². The van der Waals surface area contributed by atoms with Crippen LogP contribution in [0.4, 0.5) is 24.9 Å². The summed E-state index contributed by atoms with van der Waals surface area (Å²) in [7, 11) is 0. The fraction of sp³-hybridized carbons (Fsp3) is 0.462. The molecule has 0 spiro atoms. The smallest absolute Gasteiger partial charge is 0.475 e. The molecule has 8 rings (SSSR count). The number of carbonyl (C=O) groups is 1. The highest BCUT2D eigenvalue weighted by molar-refractivity contribution is 5.84. The monoisotopic (exact) mass is 761 g/mol. The Bertz CT molecular complexity index is 2000. The lowest BCUT2D eigenvalue weighted by Gasteiger charge is -2.24. The molecule has 13 nitrogen and oxygen atoms in total. The Balaban J connectivity index is 0.000000609. The Morgan fingerprint density at radius 3 is 2.18 bits per heavy atom. The number of aliphatic carboxylic acids is 1. The van der Waals surface area contributed by atoms with Crippen LogP contribution in [0.2, 0.25) is 0 Å². The molecule has 3 aliphatic rings. The molecule has 55 heavy (non-hydrogen) atoms. The minimum Gasteiger partial charge on any atom is -0.475 e. The molecule has 1 aliphatic carbocycles. The third kappa shape index (κ3) is 8.31. The predicted octanol–water partition coefficient (Wildman–Crippen LogP) is 5.04. The molecular weight excluding hydrogens is 715 g/mol. The second kappa shape index (κ2) is 16.4. The molecule has 16 heteroatoms. The second-order valence-electron chi connectivity index (χ2n) is 14.4. The van der Waals surface area contributed by atoms with Crippen molar-refractivity contribution >= 4 is 28.9 Å². The van der Waals surface area contributed by atoms with Crippen LogP contribution in [-0.4, -0.2) is 113 Å². The number of halogens is 3. The molecule has 5 heterocycles. The summed E-state index contributed by atoms with van der Waals surface area (Å²) < 4.78 is 35.5. The summed E-state index contributed by atoms with van der Waals surface area (Å²) in [5.41, 5.74) is 4.86. The normalized spacial score (nSPS) is 23.0. The van der Waals surface area contributed by atoms with Crippen LogP contribution in [0.5, 0.6) is 0 Å². The Kier molecular flexibility index (Phi) is 11.4. The summed E-state index contributed by atoms with van der Waals surface area (Å²) in [4.78, 5) is 28.9. The number of aromatic nitrogens is 6. The summed E-state index contributed by atoms with van der Waals surface area (Å²) in [5.74, 6) is -1.30. The largest absolute Gasteiger partial charge is 0.490 e. The molecule has 1 saturated carbocycles. The molecule has 0 bridgehead atoms. The average molecular weight is 762 g/mol. The third-order valence-corrected chi connectivity index (χ3v) is 11.0. The van der Waals surface area contributed by atoms with E-state index in [1.54, 1.807) is 11.0 Å². The molecule has 2 aromatic carbocycles. The summed E-state index contributed by atoms with van der Waals surface area (Å²) in [6, 6.07) is 20.8. The maximum Gasteiger partial charge on any atom is 0.490 e. The number of nitrogens with zero attached hydrogens (tertiary/aromatic N) is 8. The van der Waals surface area contributed by atoms with E-state index in [2.05, 4.69) is 75.7 Å². The van der Waals surface area contributed by atoms with Crippen LogP contribution in [0.1, 0.15) is 67.3 Å².